The number of carbonyl (C=O) groups is 1. The topological polar surface area (TPSA) is 79.1 Å². The number of nitrogens with one attached hydrogen (secondary N) is 1. The minimum absolute atomic E-state index is 0.0958. The first-order chi connectivity index (χ1) is 15.4. The van der Waals surface area contributed by atoms with Crippen LogP contribution < -0.4 is 10.1 Å². The molecule has 0 radical (unpaired) electrons. The lowest BCUT2D eigenvalue weighted by Crippen LogP contribution is -2.45. The lowest BCUT2D eigenvalue weighted by Gasteiger charge is -2.33. The number of piperidine rings is 1. The third-order valence-electron chi connectivity index (χ3n) is 5.61. The molecule has 9 heteroatoms. The number of fused-ring (bicyclic) bond motifs is 1. The number of carbonyl (C=O) groups excluding carboxylic acids is 1. The van der Waals surface area contributed by atoms with Crippen molar-refractivity contribution < 1.29 is 14.6 Å². The third kappa shape index (κ3) is 5.35. The van der Waals surface area contributed by atoms with E-state index in [1.165, 1.54) is 0 Å². The Labute approximate surface area is 196 Å². The van der Waals surface area contributed by atoms with Gasteiger partial charge in [-0.3, -0.25) is 9.20 Å². The van der Waals surface area contributed by atoms with Crippen LogP contribution in [0.3, 0.4) is 0 Å². The number of nitrogens with zero attached hydrogens (tertiary/aromatic N) is 3. The number of β-amino-alcohol motifs (C(OH)–C–C–N with tert-alkyl or cyclic N) is 1. The Balaban J connectivity index is 1.23. The number of hydrogen-bond acceptors (Lipinski definition) is 5. The predicted molar refractivity (Wildman–Crippen MR) is 125 cm³/mol. The molecule has 0 unspecified atom stereocenters. The van der Waals surface area contributed by atoms with Crippen LogP contribution in [0.4, 0.5) is 0 Å². The lowest BCUT2D eigenvalue weighted by atomic mass is 10.1. The fraction of sp³-hybridized carbons (Fsp3) is 0.391. The van der Waals surface area contributed by atoms with E-state index in [1.54, 1.807) is 16.5 Å². The summed E-state index contributed by atoms with van der Waals surface area (Å²) in [7, 11) is 0. The smallest absolute Gasteiger partial charge is 0.270 e. The van der Waals surface area contributed by atoms with E-state index < -0.39 is 6.10 Å². The van der Waals surface area contributed by atoms with Crippen LogP contribution >= 0.6 is 23.2 Å². The first-order valence-electron chi connectivity index (χ1n) is 10.6. The standard InChI is InChI=1S/C23H26Cl2N4O3/c1-15-22(29-9-3-2-4-21(29)27-15)23(31)26-13-16(30)14-28-10-7-17(8-11-28)32-18-5-6-19(24)20(25)12-18/h2-6,9,12,16-17,30H,7-8,10-11,13-14H2,1H3,(H,26,31)/t16-/m1/s1. The van der Waals surface area contributed by atoms with Crippen LogP contribution in [0.25, 0.3) is 5.65 Å². The minimum Gasteiger partial charge on any atom is -0.490 e. The van der Waals surface area contributed by atoms with Gasteiger partial charge in [0.2, 0.25) is 0 Å². The SMILES string of the molecule is Cc1nc2ccccn2c1C(=O)NC[C@@H](O)CN1CCC(Oc2ccc(Cl)c(Cl)c2)CC1. The van der Waals surface area contributed by atoms with Crippen molar-refractivity contribution in [1.82, 2.24) is 19.6 Å². The number of likely N-dealkylation sites (tertiary alicyclic amines) is 1. The molecule has 1 fully saturated rings. The van der Waals surface area contributed by atoms with Gasteiger partial charge in [0, 0.05) is 38.4 Å². The average molecular weight is 477 g/mol. The molecule has 2 N–H and O–H groups in total. The van der Waals surface area contributed by atoms with Crippen LogP contribution in [0.5, 0.6) is 5.75 Å². The van der Waals surface area contributed by atoms with Crippen molar-refractivity contribution in [3.05, 3.63) is 64.0 Å². The number of pyridine rings is 1. The predicted octanol–water partition coefficient (Wildman–Crippen LogP) is 3.58. The summed E-state index contributed by atoms with van der Waals surface area (Å²) in [5.74, 6) is 0.470. The summed E-state index contributed by atoms with van der Waals surface area (Å²) < 4.78 is 7.77. The molecule has 0 aliphatic carbocycles. The Kier molecular flexibility index (Phi) is 7.20. The molecule has 32 heavy (non-hydrogen) atoms. The van der Waals surface area contributed by atoms with Crippen LogP contribution in [-0.4, -0.2) is 63.7 Å². The summed E-state index contributed by atoms with van der Waals surface area (Å²) in [5.41, 5.74) is 1.88. The van der Waals surface area contributed by atoms with Crippen molar-refractivity contribution in [1.29, 1.82) is 0 Å². The second-order valence-corrected chi connectivity index (χ2v) is 8.85. The number of amides is 1. The number of rotatable bonds is 7. The van der Waals surface area contributed by atoms with Crippen molar-refractivity contribution in [3.8, 4) is 5.75 Å². The van der Waals surface area contributed by atoms with E-state index in [2.05, 4.69) is 15.2 Å². The van der Waals surface area contributed by atoms with Gasteiger partial charge in [-0.2, -0.15) is 0 Å². The Morgan fingerprint density at radius 3 is 2.78 bits per heavy atom. The van der Waals surface area contributed by atoms with E-state index >= 15 is 0 Å². The van der Waals surface area contributed by atoms with Crippen LogP contribution in [0.2, 0.25) is 10.0 Å². The van der Waals surface area contributed by atoms with Gasteiger partial charge in [0.15, 0.2) is 0 Å². The number of imidazole rings is 1. The summed E-state index contributed by atoms with van der Waals surface area (Å²) >= 11 is 12.0. The van der Waals surface area contributed by atoms with E-state index in [-0.39, 0.29) is 18.6 Å². The quantitative estimate of drug-likeness (QED) is 0.544. The first-order valence-corrected chi connectivity index (χ1v) is 11.4. The zero-order valence-corrected chi connectivity index (χ0v) is 19.3. The number of aliphatic hydroxyl groups is 1. The van der Waals surface area contributed by atoms with Crippen molar-refractivity contribution >= 4 is 34.8 Å². The molecule has 1 aliphatic heterocycles. The summed E-state index contributed by atoms with van der Waals surface area (Å²) in [6.45, 7) is 4.10. The number of ether oxygens (including phenoxy) is 1. The molecule has 4 rings (SSSR count). The van der Waals surface area contributed by atoms with Crippen LogP contribution in [-0.2, 0) is 0 Å². The monoisotopic (exact) mass is 476 g/mol. The van der Waals surface area contributed by atoms with Crippen LogP contribution in [0, 0.1) is 6.92 Å². The summed E-state index contributed by atoms with van der Waals surface area (Å²) in [6, 6.07) is 10.9. The fourth-order valence-corrected chi connectivity index (χ4v) is 4.28. The normalized spacial score (nSPS) is 16.2. The van der Waals surface area contributed by atoms with Crippen LogP contribution in [0.15, 0.2) is 42.6 Å². The Morgan fingerprint density at radius 1 is 1.25 bits per heavy atom. The molecule has 2 aromatic heterocycles. The highest BCUT2D eigenvalue weighted by Crippen LogP contribution is 2.28. The second-order valence-electron chi connectivity index (χ2n) is 8.03. The molecule has 0 saturated carbocycles. The number of aryl methyl sites for hydroxylation is 1. The second kappa shape index (κ2) is 10.1. The molecular formula is C23H26Cl2N4O3. The molecule has 3 aromatic rings. The highest BCUT2D eigenvalue weighted by molar-refractivity contribution is 6.42. The largest absolute Gasteiger partial charge is 0.490 e. The van der Waals surface area contributed by atoms with E-state index in [0.717, 1.165) is 31.6 Å². The Bertz CT molecular complexity index is 1100. The van der Waals surface area contributed by atoms with Crippen LogP contribution in [0.1, 0.15) is 29.0 Å². The molecule has 7 nitrogen and oxygen atoms in total. The number of hydrogen-bond donors (Lipinski definition) is 2. The third-order valence-corrected chi connectivity index (χ3v) is 6.35. The van der Waals surface area contributed by atoms with E-state index in [0.29, 0.717) is 33.7 Å². The van der Waals surface area contributed by atoms with Gasteiger partial charge >= 0.3 is 0 Å². The molecule has 1 aromatic carbocycles. The van der Waals surface area contributed by atoms with Gasteiger partial charge in [0.05, 0.1) is 21.8 Å². The minimum atomic E-state index is -0.661. The zero-order chi connectivity index (χ0) is 22.7. The molecule has 1 aliphatic rings. The van der Waals surface area contributed by atoms with E-state index in [1.807, 2.05) is 37.4 Å². The zero-order valence-electron chi connectivity index (χ0n) is 17.8. The van der Waals surface area contributed by atoms with Gasteiger partial charge < -0.3 is 20.1 Å². The molecule has 0 bridgehead atoms. The van der Waals surface area contributed by atoms with Crippen molar-refractivity contribution in [2.24, 2.45) is 0 Å². The molecule has 1 atom stereocenters. The summed E-state index contributed by atoms with van der Waals surface area (Å²) in [4.78, 5) is 19.3. The van der Waals surface area contributed by atoms with E-state index in [9.17, 15) is 9.90 Å². The van der Waals surface area contributed by atoms with Crippen molar-refractivity contribution in [2.75, 3.05) is 26.2 Å². The molecule has 1 amide bonds. The van der Waals surface area contributed by atoms with Gasteiger partial charge in [0.25, 0.3) is 5.91 Å². The highest BCUT2D eigenvalue weighted by Gasteiger charge is 2.23. The summed E-state index contributed by atoms with van der Waals surface area (Å²) in [5, 5.41) is 14.3. The van der Waals surface area contributed by atoms with Gasteiger partial charge in [-0.15, -0.1) is 0 Å². The molecule has 0 spiro atoms. The summed E-state index contributed by atoms with van der Waals surface area (Å²) in [6.07, 6.45) is 2.94. The number of halogens is 2. The maximum Gasteiger partial charge on any atom is 0.270 e. The molecular weight excluding hydrogens is 451 g/mol. The Morgan fingerprint density at radius 2 is 2.03 bits per heavy atom. The van der Waals surface area contributed by atoms with Gasteiger partial charge in [0.1, 0.15) is 23.2 Å². The molecule has 170 valence electrons. The van der Waals surface area contributed by atoms with Gasteiger partial charge in [-0.1, -0.05) is 29.3 Å². The molecule has 1 saturated heterocycles. The van der Waals surface area contributed by atoms with E-state index in [4.69, 9.17) is 27.9 Å². The number of benzene rings is 1. The maximum absolute atomic E-state index is 12.7. The average Bonchev–Trinajstić information content (AvgIpc) is 3.12. The van der Waals surface area contributed by atoms with Gasteiger partial charge in [-0.05, 0) is 44.0 Å². The maximum atomic E-state index is 12.7. The number of aliphatic hydroxyl groups excluding tert-OH is 1. The molecule has 3 heterocycles. The van der Waals surface area contributed by atoms with Gasteiger partial charge in [-0.25, -0.2) is 4.98 Å². The lowest BCUT2D eigenvalue weighted by molar-refractivity contribution is 0.0593. The number of aromatic nitrogens is 2. The Hall–Kier alpha value is -2.32. The fourth-order valence-electron chi connectivity index (χ4n) is 4.00. The van der Waals surface area contributed by atoms with Crippen molar-refractivity contribution in [3.63, 3.8) is 0 Å². The highest BCUT2D eigenvalue weighted by atomic mass is 35.5. The van der Waals surface area contributed by atoms with Crippen molar-refractivity contribution in [2.45, 2.75) is 32.0 Å². The first kappa shape index (κ1) is 22.9.